The summed E-state index contributed by atoms with van der Waals surface area (Å²) in [6.07, 6.45) is 0. The van der Waals surface area contributed by atoms with Crippen molar-refractivity contribution in [1.82, 2.24) is 0 Å². The molecule has 0 fully saturated rings. The maximum atomic E-state index is 6.25. The van der Waals surface area contributed by atoms with Crippen LogP contribution in [0.1, 0.15) is 0 Å². The predicted molar refractivity (Wildman–Crippen MR) is 9.94 cm³/mol. The molecular formula is C2CuN2Na2. The second kappa shape index (κ2) is 141. The van der Waals surface area contributed by atoms with Gasteiger partial charge in [-0.3, -0.25) is 0 Å². The van der Waals surface area contributed by atoms with Gasteiger partial charge >= 0.3 is 59.1 Å². The van der Waals surface area contributed by atoms with Crippen LogP contribution in [0.4, 0.5) is 0 Å². The molecule has 0 aromatic carbocycles. The second-order valence-electron chi connectivity index (χ2n) is 0. The van der Waals surface area contributed by atoms with Gasteiger partial charge in [0.15, 0.2) is 0 Å². The Bertz CT molecular complexity index is 29.2. The number of hydrogen-bond donors (Lipinski definition) is 0. The molecule has 0 aliphatic carbocycles. The standard InChI is InChI=1S/2CN.Cu.2Na/c2*1-2;;;/q2*-1;;2*+1. The van der Waals surface area contributed by atoms with Crippen LogP contribution >= 0.6 is 0 Å². The van der Waals surface area contributed by atoms with Crippen molar-refractivity contribution in [3.05, 3.63) is 13.1 Å². The van der Waals surface area contributed by atoms with Gasteiger partial charge < -0.3 is 23.7 Å². The molecule has 1 radical (unpaired) electrons. The van der Waals surface area contributed by atoms with Crippen molar-refractivity contribution >= 4 is 0 Å². The smallest absolute Gasteiger partial charge is 0.512 e. The van der Waals surface area contributed by atoms with Gasteiger partial charge in [0.05, 0.1) is 0 Å². The summed E-state index contributed by atoms with van der Waals surface area (Å²) < 4.78 is 0. The second-order valence-corrected chi connectivity index (χ2v) is 0. The average Bonchev–Trinajstić information content (AvgIpc) is 1.50. The number of hydrogen-bond acceptors (Lipinski definition) is 2. The molecule has 31 valence electrons. The molecule has 0 aromatic heterocycles. The Balaban J connectivity index is -0.00000000267. The first-order chi connectivity index (χ1) is 2.00. The van der Waals surface area contributed by atoms with E-state index in [0.717, 1.165) is 0 Å². The zero-order chi connectivity index (χ0) is 4.00. The van der Waals surface area contributed by atoms with Crippen LogP contribution in [0.15, 0.2) is 0 Å². The van der Waals surface area contributed by atoms with E-state index < -0.39 is 0 Å². The van der Waals surface area contributed by atoms with Gasteiger partial charge in [0.2, 0.25) is 0 Å². The van der Waals surface area contributed by atoms with Gasteiger partial charge in [-0.25, -0.2) is 0 Å². The molecule has 0 atom stereocenters. The Kier molecular flexibility index (Phi) is 786. The summed E-state index contributed by atoms with van der Waals surface area (Å²) in [6.45, 7) is 9.50. The van der Waals surface area contributed by atoms with Crippen molar-refractivity contribution in [3.8, 4) is 0 Å². The molecule has 0 heterocycles. The molecule has 0 saturated carbocycles. The maximum absolute atomic E-state index is 6.25. The first-order valence-electron chi connectivity index (χ1n) is 0.447. The molecule has 5 heteroatoms. The van der Waals surface area contributed by atoms with Gasteiger partial charge in [-0.1, -0.05) is 0 Å². The van der Waals surface area contributed by atoms with Gasteiger partial charge in [-0.05, 0) is 0 Å². The molecular weight excluding hydrogens is 162 g/mol. The van der Waals surface area contributed by atoms with E-state index in [1.54, 1.807) is 0 Å². The molecule has 0 bridgehead atoms. The van der Waals surface area contributed by atoms with Gasteiger partial charge in [-0.15, -0.1) is 0 Å². The van der Waals surface area contributed by atoms with E-state index in [2.05, 4.69) is 0 Å². The Morgan fingerprint density at radius 3 is 0.714 bits per heavy atom. The Morgan fingerprint density at radius 1 is 0.714 bits per heavy atom. The van der Waals surface area contributed by atoms with Crippen LogP contribution in [-0.4, -0.2) is 0 Å². The third kappa shape index (κ3) is 101. The SMILES string of the molecule is [C-]#N.[C-]#N.[Cu].[Na+].[Na+]. The van der Waals surface area contributed by atoms with Crippen LogP contribution in [0.3, 0.4) is 0 Å². The zero-order valence-electron chi connectivity index (χ0n) is 4.20. The minimum atomic E-state index is 0. The summed E-state index contributed by atoms with van der Waals surface area (Å²) in [7, 11) is 0. The Labute approximate surface area is 98.3 Å². The minimum Gasteiger partial charge on any atom is -0.512 e. The number of rotatable bonds is 0. The minimum absolute atomic E-state index is 0. The summed E-state index contributed by atoms with van der Waals surface area (Å²) in [4.78, 5) is 0. The van der Waals surface area contributed by atoms with Crippen LogP contribution in [0.2, 0.25) is 0 Å². The van der Waals surface area contributed by atoms with E-state index >= 15 is 0 Å². The van der Waals surface area contributed by atoms with E-state index in [1.165, 1.54) is 0 Å². The fourth-order valence-electron chi connectivity index (χ4n) is 0. The quantitative estimate of drug-likeness (QED) is 0.263. The van der Waals surface area contributed by atoms with E-state index in [1.807, 2.05) is 0 Å². The van der Waals surface area contributed by atoms with Gasteiger partial charge in [0.1, 0.15) is 0 Å². The Hall–Kier alpha value is 1.50. The molecule has 0 spiro atoms. The molecule has 7 heavy (non-hydrogen) atoms. The molecule has 2 nitrogen and oxygen atoms in total. The molecule has 0 aliphatic heterocycles. The first-order valence-corrected chi connectivity index (χ1v) is 0.447. The summed E-state index contributed by atoms with van der Waals surface area (Å²) in [5.74, 6) is 0. The molecule has 0 N–H and O–H groups in total. The van der Waals surface area contributed by atoms with Crippen LogP contribution in [-0.2, 0) is 17.1 Å². The largest absolute Gasteiger partial charge is 1.00 e. The summed E-state index contributed by atoms with van der Waals surface area (Å²) >= 11 is 0. The third-order valence-corrected chi connectivity index (χ3v) is 0. The van der Waals surface area contributed by atoms with Gasteiger partial charge in [0.25, 0.3) is 0 Å². The molecule has 0 saturated heterocycles. The van der Waals surface area contributed by atoms with E-state index in [0.29, 0.717) is 0 Å². The van der Waals surface area contributed by atoms with E-state index in [4.69, 9.17) is 23.7 Å². The van der Waals surface area contributed by atoms with Crippen molar-refractivity contribution in [1.29, 1.82) is 10.5 Å². The summed E-state index contributed by atoms with van der Waals surface area (Å²) in [5.41, 5.74) is 0. The maximum Gasteiger partial charge on any atom is 1.00 e. The monoisotopic (exact) mass is 161 g/mol. The zero-order valence-corrected chi connectivity index (χ0v) is 9.14. The van der Waals surface area contributed by atoms with Gasteiger partial charge in [0, 0.05) is 17.1 Å². The van der Waals surface area contributed by atoms with Gasteiger partial charge in [-0.2, -0.15) is 0 Å². The van der Waals surface area contributed by atoms with Crippen molar-refractivity contribution < 1.29 is 76.2 Å². The van der Waals surface area contributed by atoms with Crippen molar-refractivity contribution in [2.75, 3.05) is 0 Å². The van der Waals surface area contributed by atoms with Crippen LogP contribution in [0, 0.1) is 23.7 Å². The topological polar surface area (TPSA) is 47.6 Å². The van der Waals surface area contributed by atoms with Crippen LogP contribution in [0.5, 0.6) is 0 Å². The predicted octanol–water partition coefficient (Wildman–Crippen LogP) is -5.80. The fourth-order valence-corrected chi connectivity index (χ4v) is 0. The normalized spacial score (nSPS) is 0.571. The molecule has 0 aromatic rings. The fraction of sp³-hybridized carbons (Fsp3) is 0. The van der Waals surface area contributed by atoms with E-state index in [-0.39, 0.29) is 76.2 Å². The van der Waals surface area contributed by atoms with Crippen molar-refractivity contribution in [2.45, 2.75) is 0 Å². The number of nitrogens with zero attached hydrogens (tertiary/aromatic N) is 2. The summed E-state index contributed by atoms with van der Waals surface area (Å²) in [6, 6.07) is 0. The Morgan fingerprint density at radius 2 is 0.714 bits per heavy atom. The molecule has 0 unspecified atom stereocenters. The van der Waals surface area contributed by atoms with Crippen molar-refractivity contribution in [3.63, 3.8) is 0 Å². The molecule has 0 amide bonds. The first kappa shape index (κ1) is 39.0. The average molecular weight is 162 g/mol. The summed E-state index contributed by atoms with van der Waals surface area (Å²) in [5, 5.41) is 12.5. The van der Waals surface area contributed by atoms with E-state index in [9.17, 15) is 0 Å². The molecule has 0 rings (SSSR count). The van der Waals surface area contributed by atoms with Crippen LogP contribution in [0.25, 0.3) is 0 Å². The van der Waals surface area contributed by atoms with Crippen LogP contribution < -0.4 is 59.1 Å². The molecule has 0 aliphatic rings. The van der Waals surface area contributed by atoms with Crippen molar-refractivity contribution in [2.24, 2.45) is 0 Å². The third-order valence-electron chi connectivity index (χ3n) is 0.